The number of fused-ring (bicyclic) bond motifs is 2. The van der Waals surface area contributed by atoms with Gasteiger partial charge in [-0.15, -0.1) is 0 Å². The predicted molar refractivity (Wildman–Crippen MR) is 103 cm³/mol. The van der Waals surface area contributed by atoms with E-state index < -0.39 is 0 Å². The number of benzene rings is 3. The van der Waals surface area contributed by atoms with Crippen molar-refractivity contribution in [3.8, 4) is 5.69 Å². The molecule has 2 heterocycles. The minimum atomic E-state index is 0.0528. The zero-order valence-corrected chi connectivity index (χ0v) is 14.2. The standard InChI is InChI=1S/C22H17N3O/c26-22(24-14-13-16-5-1-3-7-20(16)24)17-9-11-18(12-10-17)25-15-23-19-6-2-4-8-21(19)25/h1-12,15H,13-14H2. The molecule has 0 saturated carbocycles. The van der Waals surface area contributed by atoms with Gasteiger partial charge in [0.05, 0.1) is 11.0 Å². The molecule has 0 N–H and O–H groups in total. The van der Waals surface area contributed by atoms with E-state index in [0.717, 1.165) is 35.4 Å². The van der Waals surface area contributed by atoms with Crippen LogP contribution in [0.5, 0.6) is 0 Å². The fraction of sp³-hybridized carbons (Fsp3) is 0.0909. The number of amides is 1. The van der Waals surface area contributed by atoms with Crippen molar-refractivity contribution in [2.45, 2.75) is 6.42 Å². The summed E-state index contributed by atoms with van der Waals surface area (Å²) in [4.78, 5) is 19.2. The summed E-state index contributed by atoms with van der Waals surface area (Å²) in [6.07, 6.45) is 2.74. The molecule has 4 nitrogen and oxygen atoms in total. The van der Waals surface area contributed by atoms with Crippen LogP contribution in [0.3, 0.4) is 0 Å². The molecule has 1 aliphatic heterocycles. The molecule has 5 rings (SSSR count). The smallest absolute Gasteiger partial charge is 0.258 e. The maximum Gasteiger partial charge on any atom is 0.258 e. The normalized spacial score (nSPS) is 13.2. The van der Waals surface area contributed by atoms with Crippen LogP contribution in [-0.4, -0.2) is 22.0 Å². The Morgan fingerprint density at radius 1 is 0.885 bits per heavy atom. The van der Waals surface area contributed by atoms with Crippen LogP contribution in [0.25, 0.3) is 16.7 Å². The van der Waals surface area contributed by atoms with Crippen LogP contribution in [0.15, 0.2) is 79.1 Å². The summed E-state index contributed by atoms with van der Waals surface area (Å²) < 4.78 is 2.04. The van der Waals surface area contributed by atoms with Gasteiger partial charge in [-0.1, -0.05) is 30.3 Å². The molecule has 1 amide bonds. The van der Waals surface area contributed by atoms with Crippen LogP contribution < -0.4 is 4.90 Å². The average Bonchev–Trinajstić information content (AvgIpc) is 3.32. The molecule has 4 aromatic rings. The molecule has 0 aliphatic carbocycles. The molecule has 1 aliphatic rings. The molecule has 4 heteroatoms. The van der Waals surface area contributed by atoms with Crippen molar-refractivity contribution < 1.29 is 4.79 Å². The Labute approximate surface area is 151 Å². The maximum absolute atomic E-state index is 12.9. The van der Waals surface area contributed by atoms with Gasteiger partial charge in [-0.2, -0.15) is 0 Å². The summed E-state index contributed by atoms with van der Waals surface area (Å²) in [7, 11) is 0. The monoisotopic (exact) mass is 339 g/mol. The van der Waals surface area contributed by atoms with Crippen molar-refractivity contribution >= 4 is 22.6 Å². The van der Waals surface area contributed by atoms with Gasteiger partial charge < -0.3 is 4.90 Å². The van der Waals surface area contributed by atoms with Gasteiger partial charge >= 0.3 is 0 Å². The second kappa shape index (κ2) is 5.85. The van der Waals surface area contributed by atoms with Crippen molar-refractivity contribution in [3.63, 3.8) is 0 Å². The highest BCUT2D eigenvalue weighted by Crippen LogP contribution is 2.29. The van der Waals surface area contributed by atoms with Gasteiger partial charge in [0.25, 0.3) is 5.91 Å². The minimum Gasteiger partial charge on any atom is -0.308 e. The topological polar surface area (TPSA) is 38.1 Å². The molecular weight excluding hydrogens is 322 g/mol. The van der Waals surface area contributed by atoms with Crippen LogP contribution in [0, 0.1) is 0 Å². The number of hydrogen-bond acceptors (Lipinski definition) is 2. The second-order valence-corrected chi connectivity index (χ2v) is 6.49. The van der Waals surface area contributed by atoms with E-state index in [1.807, 2.05) is 82.5 Å². The van der Waals surface area contributed by atoms with Crippen molar-refractivity contribution in [2.24, 2.45) is 0 Å². The van der Waals surface area contributed by atoms with Gasteiger partial charge in [-0.25, -0.2) is 4.98 Å². The van der Waals surface area contributed by atoms with Gasteiger partial charge in [-0.05, 0) is 54.4 Å². The third-order valence-electron chi connectivity index (χ3n) is 4.98. The maximum atomic E-state index is 12.9. The van der Waals surface area contributed by atoms with Crippen molar-refractivity contribution in [2.75, 3.05) is 11.4 Å². The van der Waals surface area contributed by atoms with E-state index in [4.69, 9.17) is 0 Å². The molecule has 0 radical (unpaired) electrons. The summed E-state index contributed by atoms with van der Waals surface area (Å²) in [5, 5.41) is 0. The molecule has 1 aromatic heterocycles. The highest BCUT2D eigenvalue weighted by Gasteiger charge is 2.25. The van der Waals surface area contributed by atoms with Gasteiger partial charge in [0, 0.05) is 23.5 Å². The van der Waals surface area contributed by atoms with Crippen LogP contribution in [0.2, 0.25) is 0 Å². The lowest BCUT2D eigenvalue weighted by Gasteiger charge is -2.17. The number of anilines is 1. The fourth-order valence-electron chi connectivity index (χ4n) is 3.63. The van der Waals surface area contributed by atoms with E-state index in [1.165, 1.54) is 5.56 Å². The number of aromatic nitrogens is 2. The number of carbonyl (C=O) groups excluding carboxylic acids is 1. The predicted octanol–water partition coefficient (Wildman–Crippen LogP) is 4.23. The minimum absolute atomic E-state index is 0.0528. The van der Waals surface area contributed by atoms with Gasteiger partial charge in [-0.3, -0.25) is 9.36 Å². The van der Waals surface area contributed by atoms with E-state index in [2.05, 4.69) is 11.1 Å². The molecule has 26 heavy (non-hydrogen) atoms. The lowest BCUT2D eigenvalue weighted by Crippen LogP contribution is -2.28. The van der Waals surface area contributed by atoms with Crippen molar-refractivity contribution in [1.82, 2.24) is 9.55 Å². The van der Waals surface area contributed by atoms with Crippen LogP contribution in [0.4, 0.5) is 5.69 Å². The molecule has 0 atom stereocenters. The van der Waals surface area contributed by atoms with Crippen LogP contribution >= 0.6 is 0 Å². The quantitative estimate of drug-likeness (QED) is 0.548. The van der Waals surface area contributed by atoms with Gasteiger partial charge in [0.2, 0.25) is 0 Å². The Bertz CT molecular complexity index is 1110. The van der Waals surface area contributed by atoms with Crippen molar-refractivity contribution in [1.29, 1.82) is 0 Å². The first-order valence-electron chi connectivity index (χ1n) is 8.73. The summed E-state index contributed by atoms with van der Waals surface area (Å²) in [6.45, 7) is 0.742. The van der Waals surface area contributed by atoms with Crippen LogP contribution in [-0.2, 0) is 6.42 Å². The number of imidazole rings is 1. The summed E-state index contributed by atoms with van der Waals surface area (Å²) >= 11 is 0. The molecular formula is C22H17N3O. The van der Waals surface area contributed by atoms with E-state index in [0.29, 0.717) is 5.56 Å². The molecule has 0 saturated heterocycles. The zero-order valence-electron chi connectivity index (χ0n) is 14.2. The Kier molecular flexibility index (Phi) is 3.35. The van der Waals surface area contributed by atoms with Crippen LogP contribution in [0.1, 0.15) is 15.9 Å². The van der Waals surface area contributed by atoms with Gasteiger partial charge in [0.1, 0.15) is 6.33 Å². The number of hydrogen-bond donors (Lipinski definition) is 0. The molecule has 0 fully saturated rings. The van der Waals surface area contributed by atoms with E-state index in [-0.39, 0.29) is 5.91 Å². The number of rotatable bonds is 2. The highest BCUT2D eigenvalue weighted by molar-refractivity contribution is 6.07. The largest absolute Gasteiger partial charge is 0.308 e. The Hall–Kier alpha value is -3.40. The van der Waals surface area contributed by atoms with Gasteiger partial charge in [0.15, 0.2) is 0 Å². The lowest BCUT2D eigenvalue weighted by molar-refractivity contribution is 0.0989. The molecule has 0 bridgehead atoms. The summed E-state index contributed by atoms with van der Waals surface area (Å²) in [6, 6.07) is 23.9. The van der Waals surface area contributed by atoms with E-state index in [1.54, 1.807) is 0 Å². The SMILES string of the molecule is O=C(c1ccc(-n2cnc3ccccc32)cc1)N1CCc2ccccc21. The zero-order chi connectivity index (χ0) is 17.5. The number of carbonyl (C=O) groups is 1. The highest BCUT2D eigenvalue weighted by atomic mass is 16.2. The number of para-hydroxylation sites is 3. The second-order valence-electron chi connectivity index (χ2n) is 6.49. The lowest BCUT2D eigenvalue weighted by atomic mass is 10.1. The Balaban J connectivity index is 1.46. The summed E-state index contributed by atoms with van der Waals surface area (Å²) in [5.74, 6) is 0.0528. The molecule has 126 valence electrons. The fourth-order valence-corrected chi connectivity index (χ4v) is 3.63. The third-order valence-corrected chi connectivity index (χ3v) is 4.98. The molecule has 0 unspecified atom stereocenters. The Morgan fingerprint density at radius 3 is 2.54 bits per heavy atom. The number of nitrogens with zero attached hydrogens (tertiary/aromatic N) is 3. The molecule has 3 aromatic carbocycles. The first-order chi connectivity index (χ1) is 12.8. The Morgan fingerprint density at radius 2 is 1.65 bits per heavy atom. The average molecular weight is 339 g/mol. The third kappa shape index (κ3) is 2.30. The van der Waals surface area contributed by atoms with E-state index >= 15 is 0 Å². The first-order valence-corrected chi connectivity index (χ1v) is 8.73. The first kappa shape index (κ1) is 14.9. The summed E-state index contributed by atoms with van der Waals surface area (Å²) in [5.41, 5.74) is 5.98. The van der Waals surface area contributed by atoms with Crippen molar-refractivity contribution in [3.05, 3.63) is 90.3 Å². The van der Waals surface area contributed by atoms with E-state index in [9.17, 15) is 4.79 Å². The molecule has 0 spiro atoms.